The molecule has 4 rings (SSSR count). The fourth-order valence-corrected chi connectivity index (χ4v) is 4.53. The van der Waals surface area contributed by atoms with Crippen molar-refractivity contribution in [2.75, 3.05) is 19.4 Å². The zero-order chi connectivity index (χ0) is 17.2. The molecule has 0 spiro atoms. The van der Waals surface area contributed by atoms with Crippen LogP contribution in [0, 0.1) is 0 Å². The second kappa shape index (κ2) is 7.06. The molecule has 130 valence electrons. The standard InChI is InChI=1S/C19H23N5S/c1-24(2)14-8-6-13(7-9-14)23-18-17-15(16-5-3-4-10-20-16)11-25-19(17)22-12-21-18/h3-5,10-14H,6-9H2,1-2H3,(H,21,22,23). The van der Waals surface area contributed by atoms with Gasteiger partial charge in [-0.05, 0) is 51.9 Å². The lowest BCUT2D eigenvalue weighted by Crippen LogP contribution is -2.36. The van der Waals surface area contributed by atoms with Crippen molar-refractivity contribution in [2.45, 2.75) is 37.8 Å². The van der Waals surface area contributed by atoms with Crippen LogP contribution in [0.3, 0.4) is 0 Å². The Morgan fingerprint density at radius 1 is 1.08 bits per heavy atom. The fourth-order valence-electron chi connectivity index (χ4n) is 3.63. The van der Waals surface area contributed by atoms with E-state index >= 15 is 0 Å². The van der Waals surface area contributed by atoms with E-state index in [-0.39, 0.29) is 0 Å². The number of hydrogen-bond donors (Lipinski definition) is 1. The average molecular weight is 353 g/mol. The van der Waals surface area contributed by atoms with E-state index in [1.54, 1.807) is 17.7 Å². The van der Waals surface area contributed by atoms with Crippen molar-refractivity contribution in [3.8, 4) is 11.3 Å². The fraction of sp³-hybridized carbons (Fsp3) is 0.421. The predicted molar refractivity (Wildman–Crippen MR) is 104 cm³/mol. The molecule has 0 aromatic carbocycles. The summed E-state index contributed by atoms with van der Waals surface area (Å²) in [6.45, 7) is 0. The summed E-state index contributed by atoms with van der Waals surface area (Å²) in [6, 6.07) is 7.18. The monoisotopic (exact) mass is 353 g/mol. The van der Waals surface area contributed by atoms with Crippen molar-refractivity contribution < 1.29 is 0 Å². The van der Waals surface area contributed by atoms with Gasteiger partial charge in [-0.15, -0.1) is 11.3 Å². The normalized spacial score (nSPS) is 20.9. The lowest BCUT2D eigenvalue weighted by molar-refractivity contribution is 0.221. The summed E-state index contributed by atoms with van der Waals surface area (Å²) in [6.07, 6.45) is 8.31. The molecule has 0 amide bonds. The van der Waals surface area contributed by atoms with Crippen molar-refractivity contribution in [2.24, 2.45) is 0 Å². The SMILES string of the molecule is CN(C)C1CCC(Nc2ncnc3scc(-c4ccccn4)c23)CC1. The Bertz CT molecular complexity index is 837. The summed E-state index contributed by atoms with van der Waals surface area (Å²) < 4.78 is 0. The number of pyridine rings is 1. The minimum atomic E-state index is 0.478. The first kappa shape index (κ1) is 16.4. The third-order valence-corrected chi connectivity index (χ3v) is 5.97. The lowest BCUT2D eigenvalue weighted by atomic mass is 9.90. The van der Waals surface area contributed by atoms with Crippen LogP contribution in [0.5, 0.6) is 0 Å². The third kappa shape index (κ3) is 3.37. The molecule has 1 aliphatic carbocycles. The molecule has 5 nitrogen and oxygen atoms in total. The number of aromatic nitrogens is 3. The molecule has 0 bridgehead atoms. The molecular weight excluding hydrogens is 330 g/mol. The van der Waals surface area contributed by atoms with E-state index < -0.39 is 0 Å². The molecule has 25 heavy (non-hydrogen) atoms. The largest absolute Gasteiger partial charge is 0.367 e. The Hall–Kier alpha value is -2.05. The van der Waals surface area contributed by atoms with Crippen LogP contribution in [0.15, 0.2) is 36.1 Å². The summed E-state index contributed by atoms with van der Waals surface area (Å²) in [5.41, 5.74) is 2.09. The van der Waals surface area contributed by atoms with Crippen molar-refractivity contribution in [3.05, 3.63) is 36.1 Å². The molecule has 1 N–H and O–H groups in total. The van der Waals surface area contributed by atoms with Gasteiger partial charge in [0.25, 0.3) is 0 Å². The quantitative estimate of drug-likeness (QED) is 0.767. The number of nitrogens with zero attached hydrogens (tertiary/aromatic N) is 4. The van der Waals surface area contributed by atoms with E-state index in [1.165, 1.54) is 25.7 Å². The maximum absolute atomic E-state index is 4.56. The number of fused-ring (bicyclic) bond motifs is 1. The first-order valence-corrected chi connectivity index (χ1v) is 9.67. The lowest BCUT2D eigenvalue weighted by Gasteiger charge is -2.33. The second-order valence-corrected chi connectivity index (χ2v) is 7.74. The zero-order valence-corrected chi connectivity index (χ0v) is 15.5. The van der Waals surface area contributed by atoms with Gasteiger partial charge in [0, 0.05) is 29.2 Å². The van der Waals surface area contributed by atoms with E-state index in [0.717, 1.165) is 27.3 Å². The van der Waals surface area contributed by atoms with Crippen LogP contribution in [-0.4, -0.2) is 46.0 Å². The predicted octanol–water partition coefficient (Wildman–Crippen LogP) is 4.04. The van der Waals surface area contributed by atoms with E-state index in [0.29, 0.717) is 12.1 Å². The average Bonchev–Trinajstić information content (AvgIpc) is 3.08. The molecule has 0 atom stereocenters. The van der Waals surface area contributed by atoms with E-state index in [1.807, 2.05) is 24.4 Å². The molecule has 6 heteroatoms. The van der Waals surface area contributed by atoms with Crippen LogP contribution < -0.4 is 5.32 Å². The summed E-state index contributed by atoms with van der Waals surface area (Å²) in [5.74, 6) is 0.945. The van der Waals surface area contributed by atoms with Crippen molar-refractivity contribution in [1.29, 1.82) is 0 Å². The van der Waals surface area contributed by atoms with Crippen molar-refractivity contribution in [1.82, 2.24) is 19.9 Å². The van der Waals surface area contributed by atoms with Gasteiger partial charge in [-0.2, -0.15) is 0 Å². The highest BCUT2D eigenvalue weighted by Crippen LogP contribution is 2.36. The minimum absolute atomic E-state index is 0.478. The first-order chi connectivity index (χ1) is 12.2. The van der Waals surface area contributed by atoms with E-state index in [4.69, 9.17) is 0 Å². The molecule has 1 saturated carbocycles. The van der Waals surface area contributed by atoms with Gasteiger partial charge in [0.15, 0.2) is 0 Å². The van der Waals surface area contributed by atoms with Crippen molar-refractivity contribution in [3.63, 3.8) is 0 Å². The second-order valence-electron chi connectivity index (χ2n) is 6.88. The van der Waals surface area contributed by atoms with Gasteiger partial charge in [-0.3, -0.25) is 4.98 Å². The number of rotatable bonds is 4. The van der Waals surface area contributed by atoms with Gasteiger partial charge in [0.1, 0.15) is 17.0 Å². The smallest absolute Gasteiger partial charge is 0.139 e. The Kier molecular flexibility index (Phi) is 4.63. The molecule has 3 aromatic rings. The van der Waals surface area contributed by atoms with Gasteiger partial charge in [0.05, 0.1) is 11.1 Å². The maximum Gasteiger partial charge on any atom is 0.139 e. The zero-order valence-electron chi connectivity index (χ0n) is 14.6. The van der Waals surface area contributed by atoms with Crippen LogP contribution in [0.1, 0.15) is 25.7 Å². The van der Waals surface area contributed by atoms with Gasteiger partial charge in [-0.25, -0.2) is 9.97 Å². The van der Waals surface area contributed by atoms with Crippen LogP contribution in [-0.2, 0) is 0 Å². The molecular formula is C19H23N5S. The van der Waals surface area contributed by atoms with Gasteiger partial charge in [-0.1, -0.05) is 6.07 Å². The molecule has 3 heterocycles. The number of thiophene rings is 1. The van der Waals surface area contributed by atoms with Crippen molar-refractivity contribution >= 4 is 27.4 Å². The van der Waals surface area contributed by atoms with Crippen LogP contribution >= 0.6 is 11.3 Å². The summed E-state index contributed by atoms with van der Waals surface area (Å²) in [5, 5.41) is 6.92. The van der Waals surface area contributed by atoms with E-state index in [9.17, 15) is 0 Å². The van der Waals surface area contributed by atoms with Gasteiger partial charge >= 0.3 is 0 Å². The molecule has 0 aliphatic heterocycles. The molecule has 1 aliphatic rings. The molecule has 1 fully saturated rings. The van der Waals surface area contributed by atoms with E-state index in [2.05, 4.69) is 44.6 Å². The topological polar surface area (TPSA) is 53.9 Å². The Balaban J connectivity index is 1.61. The number of hydrogen-bond acceptors (Lipinski definition) is 6. The van der Waals surface area contributed by atoms with Crippen LogP contribution in [0.4, 0.5) is 5.82 Å². The van der Waals surface area contributed by atoms with Crippen LogP contribution in [0.2, 0.25) is 0 Å². The Morgan fingerprint density at radius 2 is 1.92 bits per heavy atom. The molecule has 0 unspecified atom stereocenters. The Morgan fingerprint density at radius 3 is 2.64 bits per heavy atom. The summed E-state index contributed by atoms with van der Waals surface area (Å²) in [4.78, 5) is 16.9. The molecule has 3 aromatic heterocycles. The third-order valence-electron chi connectivity index (χ3n) is 5.08. The highest BCUT2D eigenvalue weighted by molar-refractivity contribution is 7.17. The highest BCUT2D eigenvalue weighted by atomic mass is 32.1. The number of anilines is 1. The van der Waals surface area contributed by atoms with Gasteiger partial charge < -0.3 is 10.2 Å². The number of nitrogens with one attached hydrogen (secondary N) is 1. The molecule has 0 saturated heterocycles. The van der Waals surface area contributed by atoms with Gasteiger partial charge in [0.2, 0.25) is 0 Å². The van der Waals surface area contributed by atoms with Crippen LogP contribution in [0.25, 0.3) is 21.5 Å². The molecule has 0 radical (unpaired) electrons. The minimum Gasteiger partial charge on any atom is -0.367 e. The Labute approximate surface area is 152 Å². The summed E-state index contributed by atoms with van der Waals surface area (Å²) >= 11 is 1.65. The first-order valence-electron chi connectivity index (χ1n) is 8.79. The highest BCUT2D eigenvalue weighted by Gasteiger charge is 2.23. The summed E-state index contributed by atoms with van der Waals surface area (Å²) in [7, 11) is 4.35. The maximum atomic E-state index is 4.56.